The van der Waals surface area contributed by atoms with Gasteiger partial charge in [0, 0.05) is 0 Å². The van der Waals surface area contributed by atoms with Gasteiger partial charge >= 0.3 is 0 Å². The van der Waals surface area contributed by atoms with Crippen LogP contribution in [0.5, 0.6) is 5.75 Å². The first-order valence-electron chi connectivity index (χ1n) is 3.73. The van der Waals surface area contributed by atoms with E-state index in [1.54, 1.807) is 18.2 Å². The first-order valence-corrected chi connectivity index (χ1v) is 4.11. The fraction of sp³-hybridized carbons (Fsp3) is 0.222. The number of carbonyl (C=O) groups is 1. The van der Waals surface area contributed by atoms with Gasteiger partial charge in [0.25, 0.3) is 0 Å². The number of ether oxygens (including phenoxy) is 1. The molecule has 0 amide bonds. The highest BCUT2D eigenvalue weighted by molar-refractivity contribution is 6.32. The van der Waals surface area contributed by atoms with E-state index < -0.39 is 6.04 Å². The van der Waals surface area contributed by atoms with Gasteiger partial charge in [0.2, 0.25) is 0 Å². The van der Waals surface area contributed by atoms with E-state index in [0.717, 1.165) is 0 Å². The predicted molar refractivity (Wildman–Crippen MR) is 51.0 cm³/mol. The van der Waals surface area contributed by atoms with Gasteiger partial charge in [-0.25, -0.2) is 0 Å². The Kier molecular flexibility index (Phi) is 3.28. The van der Waals surface area contributed by atoms with Crippen molar-refractivity contribution < 1.29 is 9.53 Å². The van der Waals surface area contributed by atoms with Crippen molar-refractivity contribution in [1.29, 1.82) is 0 Å². The van der Waals surface area contributed by atoms with E-state index in [4.69, 9.17) is 22.1 Å². The SMILES string of the molecule is COc1ccc(C(N)C=O)cc1Cl. The molecule has 0 saturated carbocycles. The summed E-state index contributed by atoms with van der Waals surface area (Å²) < 4.78 is 4.95. The highest BCUT2D eigenvalue weighted by atomic mass is 35.5. The number of aldehydes is 1. The second kappa shape index (κ2) is 4.25. The molecule has 1 aromatic rings. The molecule has 0 radical (unpaired) electrons. The zero-order valence-corrected chi connectivity index (χ0v) is 7.91. The monoisotopic (exact) mass is 199 g/mol. The van der Waals surface area contributed by atoms with Crippen LogP contribution >= 0.6 is 11.6 Å². The number of rotatable bonds is 3. The van der Waals surface area contributed by atoms with E-state index in [1.807, 2.05) is 0 Å². The largest absolute Gasteiger partial charge is 0.495 e. The van der Waals surface area contributed by atoms with Crippen LogP contribution in [0.15, 0.2) is 18.2 Å². The van der Waals surface area contributed by atoms with Crippen LogP contribution in [0.1, 0.15) is 11.6 Å². The van der Waals surface area contributed by atoms with E-state index in [2.05, 4.69) is 0 Å². The predicted octanol–water partition coefficient (Wildman–Crippen LogP) is 1.55. The molecule has 0 saturated heterocycles. The van der Waals surface area contributed by atoms with Gasteiger partial charge in [-0.15, -0.1) is 0 Å². The quantitative estimate of drug-likeness (QED) is 0.752. The third-order valence-electron chi connectivity index (χ3n) is 1.71. The Hall–Kier alpha value is -1.06. The Labute approximate surface area is 81.4 Å². The minimum absolute atomic E-state index is 0.456. The Morgan fingerprint density at radius 3 is 2.77 bits per heavy atom. The molecule has 1 rings (SSSR count). The highest BCUT2D eigenvalue weighted by Gasteiger charge is 2.07. The van der Waals surface area contributed by atoms with Gasteiger partial charge in [-0.05, 0) is 17.7 Å². The lowest BCUT2D eigenvalue weighted by atomic mass is 10.1. The van der Waals surface area contributed by atoms with Crippen LogP contribution in [-0.4, -0.2) is 13.4 Å². The lowest BCUT2D eigenvalue weighted by molar-refractivity contribution is -0.109. The second-order valence-corrected chi connectivity index (χ2v) is 2.96. The van der Waals surface area contributed by atoms with Gasteiger partial charge in [-0.2, -0.15) is 0 Å². The summed E-state index contributed by atoms with van der Waals surface area (Å²) in [6.45, 7) is 0. The Morgan fingerprint density at radius 1 is 1.62 bits per heavy atom. The van der Waals surface area contributed by atoms with Gasteiger partial charge in [-0.1, -0.05) is 17.7 Å². The maximum atomic E-state index is 10.4. The zero-order chi connectivity index (χ0) is 9.84. The average molecular weight is 200 g/mol. The summed E-state index contributed by atoms with van der Waals surface area (Å²) in [7, 11) is 1.53. The van der Waals surface area contributed by atoms with Crippen molar-refractivity contribution in [3.05, 3.63) is 28.8 Å². The number of carbonyl (C=O) groups excluding carboxylic acids is 1. The van der Waals surface area contributed by atoms with Crippen LogP contribution in [0.3, 0.4) is 0 Å². The summed E-state index contributed by atoms with van der Waals surface area (Å²) >= 11 is 5.83. The summed E-state index contributed by atoms with van der Waals surface area (Å²) in [5.41, 5.74) is 6.17. The number of hydrogen-bond donors (Lipinski definition) is 1. The summed E-state index contributed by atoms with van der Waals surface area (Å²) in [5.74, 6) is 0.573. The van der Waals surface area contributed by atoms with Gasteiger partial charge in [0.15, 0.2) is 0 Å². The van der Waals surface area contributed by atoms with Crippen molar-refractivity contribution in [2.45, 2.75) is 6.04 Å². The molecule has 4 heteroatoms. The minimum atomic E-state index is -0.622. The second-order valence-electron chi connectivity index (χ2n) is 2.56. The third-order valence-corrected chi connectivity index (χ3v) is 2.00. The smallest absolute Gasteiger partial charge is 0.141 e. The lowest BCUT2D eigenvalue weighted by Crippen LogP contribution is -2.11. The van der Waals surface area contributed by atoms with Gasteiger partial charge in [0.1, 0.15) is 12.0 Å². The van der Waals surface area contributed by atoms with Crippen molar-refractivity contribution in [2.75, 3.05) is 7.11 Å². The van der Waals surface area contributed by atoms with Crippen LogP contribution in [0.2, 0.25) is 5.02 Å². The molecule has 0 spiro atoms. The van der Waals surface area contributed by atoms with Crippen LogP contribution < -0.4 is 10.5 Å². The summed E-state index contributed by atoms with van der Waals surface area (Å²) in [6, 6.07) is 4.40. The fourth-order valence-electron chi connectivity index (χ4n) is 0.969. The summed E-state index contributed by atoms with van der Waals surface area (Å²) in [6.07, 6.45) is 0.665. The molecule has 0 aliphatic heterocycles. The molecular formula is C9H10ClNO2. The standard InChI is InChI=1S/C9H10ClNO2/c1-13-9-3-2-6(4-7(9)10)8(11)5-12/h2-5,8H,11H2,1H3. The van der Waals surface area contributed by atoms with Crippen molar-refractivity contribution in [3.8, 4) is 5.75 Å². The Morgan fingerprint density at radius 2 is 2.31 bits per heavy atom. The average Bonchev–Trinajstić information content (AvgIpc) is 2.16. The molecule has 3 nitrogen and oxygen atoms in total. The van der Waals surface area contributed by atoms with Crippen molar-refractivity contribution >= 4 is 17.9 Å². The van der Waals surface area contributed by atoms with Crippen molar-refractivity contribution in [3.63, 3.8) is 0 Å². The molecule has 70 valence electrons. The molecule has 1 atom stereocenters. The van der Waals surface area contributed by atoms with Crippen LogP contribution in [0.25, 0.3) is 0 Å². The fourth-order valence-corrected chi connectivity index (χ4v) is 1.23. The molecule has 1 unspecified atom stereocenters. The lowest BCUT2D eigenvalue weighted by Gasteiger charge is -2.07. The van der Waals surface area contributed by atoms with Gasteiger partial charge < -0.3 is 15.3 Å². The van der Waals surface area contributed by atoms with E-state index in [-0.39, 0.29) is 0 Å². The number of benzene rings is 1. The summed E-state index contributed by atoms with van der Waals surface area (Å²) in [5, 5.41) is 0.456. The maximum Gasteiger partial charge on any atom is 0.141 e. The first kappa shape index (κ1) is 10.0. The first-order chi connectivity index (χ1) is 6.19. The molecule has 1 aromatic carbocycles. The molecule has 0 aliphatic carbocycles. The Bertz CT molecular complexity index is 314. The highest BCUT2D eigenvalue weighted by Crippen LogP contribution is 2.26. The van der Waals surface area contributed by atoms with Crippen LogP contribution in [0.4, 0.5) is 0 Å². The molecule has 2 N–H and O–H groups in total. The molecule has 0 heterocycles. The van der Waals surface area contributed by atoms with E-state index in [1.165, 1.54) is 7.11 Å². The topological polar surface area (TPSA) is 52.3 Å². The molecule has 0 aromatic heterocycles. The Balaban J connectivity index is 3.02. The normalized spacial score (nSPS) is 12.2. The molecule has 0 aliphatic rings. The summed E-state index contributed by atoms with van der Waals surface area (Å²) in [4.78, 5) is 10.4. The molecule has 0 bridgehead atoms. The van der Waals surface area contributed by atoms with E-state index in [0.29, 0.717) is 22.6 Å². The molecular weight excluding hydrogens is 190 g/mol. The molecule has 0 fully saturated rings. The number of nitrogens with two attached hydrogens (primary N) is 1. The third kappa shape index (κ3) is 2.20. The van der Waals surface area contributed by atoms with Crippen molar-refractivity contribution in [2.24, 2.45) is 5.73 Å². The van der Waals surface area contributed by atoms with Gasteiger partial charge in [-0.3, -0.25) is 0 Å². The number of methoxy groups -OCH3 is 1. The van der Waals surface area contributed by atoms with Gasteiger partial charge in [0.05, 0.1) is 18.2 Å². The zero-order valence-electron chi connectivity index (χ0n) is 7.16. The van der Waals surface area contributed by atoms with E-state index >= 15 is 0 Å². The van der Waals surface area contributed by atoms with E-state index in [9.17, 15) is 4.79 Å². The molecule has 13 heavy (non-hydrogen) atoms. The number of halogens is 1. The number of hydrogen-bond acceptors (Lipinski definition) is 3. The van der Waals surface area contributed by atoms with Crippen LogP contribution in [-0.2, 0) is 4.79 Å². The van der Waals surface area contributed by atoms with Crippen LogP contribution in [0, 0.1) is 0 Å². The minimum Gasteiger partial charge on any atom is -0.495 e. The maximum absolute atomic E-state index is 10.4. The van der Waals surface area contributed by atoms with Crippen molar-refractivity contribution in [1.82, 2.24) is 0 Å².